The summed E-state index contributed by atoms with van der Waals surface area (Å²) in [7, 11) is 0. The van der Waals surface area contributed by atoms with Crippen LogP contribution in [0, 0.1) is 11.8 Å². The number of carbonyl (C=O) groups excluding carboxylic acids is 1. The van der Waals surface area contributed by atoms with Crippen LogP contribution in [0.1, 0.15) is 34.6 Å². The van der Waals surface area contributed by atoms with Gasteiger partial charge in [-0.3, -0.25) is 4.79 Å². The molecule has 0 unspecified atom stereocenters. The highest BCUT2D eigenvalue weighted by molar-refractivity contribution is 5.95. The van der Waals surface area contributed by atoms with Crippen LogP contribution in [-0.2, 0) is 6.54 Å². The molecule has 0 aromatic carbocycles. The van der Waals surface area contributed by atoms with Crippen LogP contribution >= 0.6 is 0 Å². The molecule has 0 saturated heterocycles. The van der Waals surface area contributed by atoms with Gasteiger partial charge in [-0.05, 0) is 30.5 Å². The van der Waals surface area contributed by atoms with E-state index in [0.29, 0.717) is 6.42 Å². The average molecular weight is 275 g/mol. The highest BCUT2D eigenvalue weighted by Crippen LogP contribution is 2.17. The van der Waals surface area contributed by atoms with E-state index < -0.39 is 0 Å². The zero-order valence-electron chi connectivity index (χ0n) is 11.4. The van der Waals surface area contributed by atoms with Gasteiger partial charge < -0.3 is 8.97 Å². The normalized spacial score (nSPS) is 13.8. The minimum absolute atomic E-state index is 0.210. The van der Waals surface area contributed by atoms with E-state index in [-0.39, 0.29) is 5.78 Å². The SMILES string of the molecule is O=C1CCCn2cc(C#Cc3cn4ccccc4n3)cc21. The fourth-order valence-corrected chi connectivity index (χ4v) is 2.67. The molecule has 4 heterocycles. The zero-order chi connectivity index (χ0) is 14.2. The Morgan fingerprint density at radius 3 is 3.00 bits per heavy atom. The van der Waals surface area contributed by atoms with E-state index in [2.05, 4.69) is 16.8 Å². The third kappa shape index (κ3) is 2.13. The van der Waals surface area contributed by atoms with Crippen LogP contribution in [0.15, 0.2) is 42.9 Å². The Kier molecular flexibility index (Phi) is 2.65. The van der Waals surface area contributed by atoms with Crippen LogP contribution in [0.4, 0.5) is 0 Å². The first-order valence-electron chi connectivity index (χ1n) is 6.99. The number of carbonyl (C=O) groups is 1. The van der Waals surface area contributed by atoms with Crippen LogP contribution in [-0.4, -0.2) is 19.7 Å². The van der Waals surface area contributed by atoms with Crippen LogP contribution in [0.5, 0.6) is 0 Å². The van der Waals surface area contributed by atoms with Gasteiger partial charge >= 0.3 is 0 Å². The number of hydrogen-bond donors (Lipinski definition) is 0. The van der Waals surface area contributed by atoms with Gasteiger partial charge in [-0.25, -0.2) is 4.98 Å². The number of fused-ring (bicyclic) bond motifs is 2. The van der Waals surface area contributed by atoms with Crippen molar-refractivity contribution in [3.8, 4) is 11.8 Å². The molecular formula is C17H13N3O. The molecule has 0 radical (unpaired) electrons. The molecular weight excluding hydrogens is 262 g/mol. The highest BCUT2D eigenvalue weighted by atomic mass is 16.1. The predicted octanol–water partition coefficient (Wildman–Crippen LogP) is 2.51. The van der Waals surface area contributed by atoms with Crippen LogP contribution in [0.2, 0.25) is 0 Å². The van der Waals surface area contributed by atoms with Gasteiger partial charge in [-0.2, -0.15) is 0 Å². The first-order chi connectivity index (χ1) is 10.3. The number of hydrogen-bond acceptors (Lipinski definition) is 2. The topological polar surface area (TPSA) is 39.3 Å². The summed E-state index contributed by atoms with van der Waals surface area (Å²) < 4.78 is 3.94. The second-order valence-electron chi connectivity index (χ2n) is 5.18. The maximum Gasteiger partial charge on any atom is 0.179 e. The molecule has 0 aliphatic carbocycles. The van der Waals surface area contributed by atoms with Gasteiger partial charge in [0, 0.05) is 37.1 Å². The largest absolute Gasteiger partial charge is 0.344 e. The molecule has 1 aliphatic rings. The van der Waals surface area contributed by atoms with E-state index in [1.54, 1.807) is 0 Å². The number of rotatable bonds is 0. The lowest BCUT2D eigenvalue weighted by Crippen LogP contribution is -2.14. The summed E-state index contributed by atoms with van der Waals surface area (Å²) in [5.74, 6) is 6.38. The van der Waals surface area contributed by atoms with E-state index in [9.17, 15) is 4.79 Å². The number of imidazole rings is 1. The van der Waals surface area contributed by atoms with Crippen molar-refractivity contribution in [2.24, 2.45) is 0 Å². The van der Waals surface area contributed by atoms with Gasteiger partial charge in [0.25, 0.3) is 0 Å². The van der Waals surface area contributed by atoms with E-state index >= 15 is 0 Å². The average Bonchev–Trinajstić information content (AvgIpc) is 3.09. The smallest absolute Gasteiger partial charge is 0.179 e. The highest BCUT2D eigenvalue weighted by Gasteiger charge is 2.17. The Balaban J connectivity index is 1.69. The standard InChI is InChI=1S/C17H13N3O/c21-16-4-3-9-19-11-13(10-15(16)19)6-7-14-12-20-8-2-1-5-17(20)18-14/h1-2,5,8,10-12H,3-4,9H2. The number of aromatic nitrogens is 3. The first kappa shape index (κ1) is 12.0. The van der Waals surface area contributed by atoms with Crippen molar-refractivity contribution in [1.29, 1.82) is 0 Å². The molecule has 21 heavy (non-hydrogen) atoms. The molecule has 0 spiro atoms. The van der Waals surface area contributed by atoms with Crippen LogP contribution in [0.3, 0.4) is 0 Å². The van der Waals surface area contributed by atoms with Gasteiger partial charge in [0.2, 0.25) is 0 Å². The first-order valence-corrected chi connectivity index (χ1v) is 6.99. The summed E-state index contributed by atoms with van der Waals surface area (Å²) >= 11 is 0. The third-order valence-electron chi connectivity index (χ3n) is 3.68. The molecule has 4 heteroatoms. The molecule has 0 N–H and O–H groups in total. The van der Waals surface area contributed by atoms with Crippen molar-refractivity contribution >= 4 is 11.4 Å². The summed E-state index contributed by atoms with van der Waals surface area (Å²) in [4.78, 5) is 16.2. The summed E-state index contributed by atoms with van der Waals surface area (Å²) in [5, 5.41) is 0. The second-order valence-corrected chi connectivity index (χ2v) is 5.18. The summed E-state index contributed by atoms with van der Waals surface area (Å²) in [6, 6.07) is 7.73. The van der Waals surface area contributed by atoms with Crippen molar-refractivity contribution in [2.75, 3.05) is 0 Å². The van der Waals surface area contributed by atoms with Gasteiger partial charge in [0.1, 0.15) is 11.3 Å². The van der Waals surface area contributed by atoms with Gasteiger partial charge in [0.05, 0.1) is 5.69 Å². The van der Waals surface area contributed by atoms with Crippen molar-refractivity contribution in [3.63, 3.8) is 0 Å². The predicted molar refractivity (Wildman–Crippen MR) is 79.2 cm³/mol. The number of aryl methyl sites for hydroxylation is 1. The molecule has 4 rings (SSSR count). The Morgan fingerprint density at radius 1 is 1.19 bits per heavy atom. The Bertz CT molecular complexity index is 872. The molecule has 3 aromatic rings. The Morgan fingerprint density at radius 2 is 2.14 bits per heavy atom. The third-order valence-corrected chi connectivity index (χ3v) is 3.68. The molecule has 3 aromatic heterocycles. The summed E-state index contributed by atoms with van der Waals surface area (Å²) in [6.07, 6.45) is 7.37. The number of Topliss-reactive ketones (excluding diaryl/α,β-unsaturated/α-hetero) is 1. The Hall–Kier alpha value is -2.80. The van der Waals surface area contributed by atoms with Crippen molar-refractivity contribution in [2.45, 2.75) is 19.4 Å². The second kappa shape index (κ2) is 4.64. The summed E-state index contributed by atoms with van der Waals surface area (Å²) in [6.45, 7) is 0.900. The minimum Gasteiger partial charge on any atom is -0.344 e. The summed E-state index contributed by atoms with van der Waals surface area (Å²) in [5.41, 5.74) is 3.27. The molecule has 0 saturated carbocycles. The van der Waals surface area contributed by atoms with Crippen molar-refractivity contribution in [1.82, 2.24) is 14.0 Å². The lowest BCUT2D eigenvalue weighted by Gasteiger charge is -2.12. The number of nitrogens with zero attached hydrogens (tertiary/aromatic N) is 3. The van der Waals surface area contributed by atoms with E-state index in [1.165, 1.54) is 0 Å². The van der Waals surface area contributed by atoms with Gasteiger partial charge in [0.15, 0.2) is 5.78 Å². The quantitative estimate of drug-likeness (QED) is 0.591. The fourth-order valence-electron chi connectivity index (χ4n) is 2.67. The van der Waals surface area contributed by atoms with Gasteiger partial charge in [-0.1, -0.05) is 12.0 Å². The number of ketones is 1. The zero-order valence-corrected chi connectivity index (χ0v) is 11.4. The lowest BCUT2D eigenvalue weighted by molar-refractivity contribution is 0.0955. The monoisotopic (exact) mass is 275 g/mol. The lowest BCUT2D eigenvalue weighted by atomic mass is 10.1. The molecule has 102 valence electrons. The molecule has 4 nitrogen and oxygen atoms in total. The van der Waals surface area contributed by atoms with E-state index in [0.717, 1.165) is 35.6 Å². The van der Waals surface area contributed by atoms with E-state index in [4.69, 9.17) is 0 Å². The maximum atomic E-state index is 11.8. The molecule has 0 amide bonds. The molecule has 0 bridgehead atoms. The van der Waals surface area contributed by atoms with Crippen molar-refractivity contribution < 1.29 is 4.79 Å². The van der Waals surface area contributed by atoms with Crippen LogP contribution < -0.4 is 0 Å². The number of pyridine rings is 1. The fraction of sp³-hybridized carbons (Fsp3) is 0.176. The van der Waals surface area contributed by atoms with Crippen molar-refractivity contribution in [3.05, 3.63) is 59.8 Å². The molecule has 0 atom stereocenters. The van der Waals surface area contributed by atoms with Gasteiger partial charge in [-0.15, -0.1) is 0 Å². The minimum atomic E-state index is 0.210. The molecule has 1 aliphatic heterocycles. The Labute approximate surface area is 122 Å². The van der Waals surface area contributed by atoms with E-state index in [1.807, 2.05) is 51.8 Å². The molecule has 0 fully saturated rings. The maximum absolute atomic E-state index is 11.8. The van der Waals surface area contributed by atoms with Crippen LogP contribution in [0.25, 0.3) is 5.65 Å².